The van der Waals surface area contributed by atoms with E-state index in [0.29, 0.717) is 22.0 Å². The zero-order chi connectivity index (χ0) is 15.9. The Morgan fingerprint density at radius 2 is 1.96 bits per heavy atom. The molecule has 0 aliphatic carbocycles. The molecule has 23 heavy (non-hydrogen) atoms. The Morgan fingerprint density at radius 3 is 2.65 bits per heavy atom. The molecule has 124 valence electrons. The van der Waals surface area contributed by atoms with E-state index in [0.717, 1.165) is 18.4 Å². The molecule has 0 spiro atoms. The van der Waals surface area contributed by atoms with Gasteiger partial charge in [-0.1, -0.05) is 7.43 Å². The van der Waals surface area contributed by atoms with Crippen molar-refractivity contribution in [3.05, 3.63) is 42.4 Å². The molecule has 5 nitrogen and oxygen atoms in total. The molecule has 0 aliphatic rings. The lowest BCUT2D eigenvalue weighted by Crippen LogP contribution is -2.11. The molecular formula is C15H17F2N3O2S. The van der Waals surface area contributed by atoms with Gasteiger partial charge in [-0.2, -0.15) is 5.10 Å². The van der Waals surface area contributed by atoms with Gasteiger partial charge in [-0.3, -0.25) is 4.68 Å². The zero-order valence-corrected chi connectivity index (χ0v) is 12.5. The fraction of sp³-hybridized carbons (Fsp3) is 0.267. The number of halogens is 2. The standard InChI is InChI=1S/C14H13F2N3O2S.CH4/c1-22(20,21)3-2-19-8-9(6-18-19)11-7-17-14-5-13(16)12(15)4-10(11)14;/h4-8,17H,2-3H2,1H3;1H4. The van der Waals surface area contributed by atoms with Gasteiger partial charge in [0.05, 0.1) is 18.5 Å². The number of hydrogen-bond acceptors (Lipinski definition) is 3. The third kappa shape index (κ3) is 3.58. The minimum Gasteiger partial charge on any atom is -0.360 e. The van der Waals surface area contributed by atoms with Crippen molar-refractivity contribution >= 4 is 20.7 Å². The van der Waals surface area contributed by atoms with Crippen LogP contribution in [-0.4, -0.2) is 35.2 Å². The van der Waals surface area contributed by atoms with Crippen LogP contribution in [0.2, 0.25) is 0 Å². The second kappa shape index (κ2) is 6.11. The largest absolute Gasteiger partial charge is 0.360 e. The summed E-state index contributed by atoms with van der Waals surface area (Å²) < 4.78 is 50.4. The number of nitrogens with one attached hydrogen (secondary N) is 1. The van der Waals surface area contributed by atoms with Crippen molar-refractivity contribution < 1.29 is 17.2 Å². The Hall–Kier alpha value is -2.22. The van der Waals surface area contributed by atoms with Crippen molar-refractivity contribution in [3.63, 3.8) is 0 Å². The van der Waals surface area contributed by atoms with Crippen molar-refractivity contribution in [2.75, 3.05) is 12.0 Å². The summed E-state index contributed by atoms with van der Waals surface area (Å²) in [6.45, 7) is 0.240. The number of benzene rings is 1. The smallest absolute Gasteiger partial charge is 0.160 e. The molecule has 1 N–H and O–H groups in total. The van der Waals surface area contributed by atoms with Gasteiger partial charge in [0, 0.05) is 46.7 Å². The molecule has 0 radical (unpaired) electrons. The van der Waals surface area contributed by atoms with E-state index in [9.17, 15) is 17.2 Å². The summed E-state index contributed by atoms with van der Waals surface area (Å²) in [4.78, 5) is 2.88. The highest BCUT2D eigenvalue weighted by Crippen LogP contribution is 2.29. The van der Waals surface area contributed by atoms with E-state index in [1.54, 1.807) is 18.6 Å². The lowest BCUT2D eigenvalue weighted by atomic mass is 10.1. The summed E-state index contributed by atoms with van der Waals surface area (Å²) in [5.74, 6) is -1.84. The van der Waals surface area contributed by atoms with Gasteiger partial charge in [-0.25, -0.2) is 17.2 Å². The normalized spacial score (nSPS) is 11.6. The molecule has 0 unspecified atom stereocenters. The quantitative estimate of drug-likeness (QED) is 0.793. The second-order valence-corrected chi connectivity index (χ2v) is 7.40. The van der Waals surface area contributed by atoms with Gasteiger partial charge >= 0.3 is 0 Å². The first-order chi connectivity index (χ1) is 10.3. The summed E-state index contributed by atoms with van der Waals surface area (Å²) in [7, 11) is -3.07. The third-order valence-electron chi connectivity index (χ3n) is 3.36. The number of hydrogen-bond donors (Lipinski definition) is 1. The number of aromatic amines is 1. The first-order valence-electron chi connectivity index (χ1n) is 6.50. The number of aromatic nitrogens is 3. The van der Waals surface area contributed by atoms with Crippen LogP contribution in [0.4, 0.5) is 8.78 Å². The minimum absolute atomic E-state index is 0. The topological polar surface area (TPSA) is 67.8 Å². The first-order valence-corrected chi connectivity index (χ1v) is 8.56. The Balaban J connectivity index is 0.00000192. The van der Waals surface area contributed by atoms with Crippen molar-refractivity contribution in [1.82, 2.24) is 14.8 Å². The number of H-pyrrole nitrogens is 1. The van der Waals surface area contributed by atoms with Crippen molar-refractivity contribution in [2.24, 2.45) is 0 Å². The van der Waals surface area contributed by atoms with Gasteiger partial charge in [-0.05, 0) is 6.07 Å². The van der Waals surface area contributed by atoms with E-state index in [1.165, 1.54) is 4.68 Å². The molecule has 0 fully saturated rings. The second-order valence-electron chi connectivity index (χ2n) is 5.14. The van der Waals surface area contributed by atoms with Crippen molar-refractivity contribution in [1.29, 1.82) is 0 Å². The predicted molar refractivity (Wildman–Crippen MR) is 85.9 cm³/mol. The van der Waals surface area contributed by atoms with Gasteiger partial charge in [0.1, 0.15) is 9.84 Å². The molecular weight excluding hydrogens is 324 g/mol. The summed E-state index contributed by atoms with van der Waals surface area (Å²) >= 11 is 0. The fourth-order valence-corrected chi connectivity index (χ4v) is 2.76. The van der Waals surface area contributed by atoms with Crippen LogP contribution in [0.1, 0.15) is 7.43 Å². The highest BCUT2D eigenvalue weighted by molar-refractivity contribution is 7.90. The molecule has 3 rings (SSSR count). The number of sulfone groups is 1. The van der Waals surface area contributed by atoms with Crippen LogP contribution in [-0.2, 0) is 16.4 Å². The van der Waals surface area contributed by atoms with E-state index >= 15 is 0 Å². The lowest BCUT2D eigenvalue weighted by Gasteiger charge is -1.99. The van der Waals surface area contributed by atoms with Crippen molar-refractivity contribution in [3.8, 4) is 11.1 Å². The molecule has 3 aromatic rings. The SMILES string of the molecule is C.CS(=O)(=O)CCn1cc(-c2c[nH]c3cc(F)c(F)cc23)cn1. The van der Waals surface area contributed by atoms with Crippen LogP contribution in [0.3, 0.4) is 0 Å². The minimum atomic E-state index is -3.07. The van der Waals surface area contributed by atoms with Gasteiger partial charge in [0.2, 0.25) is 0 Å². The Bertz CT molecular complexity index is 945. The van der Waals surface area contributed by atoms with Gasteiger partial charge < -0.3 is 4.98 Å². The average Bonchev–Trinajstić information content (AvgIpc) is 3.03. The first kappa shape index (κ1) is 17.1. The fourth-order valence-electron chi connectivity index (χ4n) is 2.24. The van der Waals surface area contributed by atoms with Crippen LogP contribution in [0, 0.1) is 11.6 Å². The molecule has 0 saturated carbocycles. The molecule has 2 heterocycles. The molecule has 0 amide bonds. The van der Waals surface area contributed by atoms with E-state index in [4.69, 9.17) is 0 Å². The number of aryl methyl sites for hydroxylation is 1. The summed E-state index contributed by atoms with van der Waals surface area (Å²) in [5.41, 5.74) is 1.86. The molecule has 1 aromatic carbocycles. The van der Waals surface area contributed by atoms with Gasteiger partial charge in [-0.15, -0.1) is 0 Å². The Labute approximate surface area is 132 Å². The lowest BCUT2D eigenvalue weighted by molar-refractivity contribution is 0.511. The molecule has 8 heteroatoms. The monoisotopic (exact) mass is 341 g/mol. The molecule has 0 aliphatic heterocycles. The predicted octanol–water partition coefficient (Wildman–Crippen LogP) is 2.99. The Kier molecular flexibility index (Phi) is 4.56. The molecule has 0 saturated heterocycles. The van der Waals surface area contributed by atoms with Gasteiger partial charge in [0.25, 0.3) is 0 Å². The highest BCUT2D eigenvalue weighted by Gasteiger charge is 2.12. The van der Waals surface area contributed by atoms with E-state index < -0.39 is 21.5 Å². The molecule has 2 aromatic heterocycles. The van der Waals surface area contributed by atoms with E-state index in [2.05, 4.69) is 10.1 Å². The van der Waals surface area contributed by atoms with Crippen molar-refractivity contribution in [2.45, 2.75) is 14.0 Å². The van der Waals surface area contributed by atoms with E-state index in [1.807, 2.05) is 0 Å². The number of fused-ring (bicyclic) bond motifs is 1. The molecule has 0 bridgehead atoms. The average molecular weight is 341 g/mol. The summed E-state index contributed by atoms with van der Waals surface area (Å²) in [6.07, 6.45) is 6.04. The number of rotatable bonds is 4. The third-order valence-corrected chi connectivity index (χ3v) is 4.28. The van der Waals surface area contributed by atoms with Crippen LogP contribution in [0.25, 0.3) is 22.0 Å². The van der Waals surface area contributed by atoms with Gasteiger partial charge in [0.15, 0.2) is 11.6 Å². The zero-order valence-electron chi connectivity index (χ0n) is 11.7. The number of nitrogens with zero attached hydrogens (tertiary/aromatic N) is 2. The molecule has 0 atom stereocenters. The summed E-state index contributed by atoms with van der Waals surface area (Å²) in [5, 5.41) is 4.64. The maximum atomic E-state index is 13.4. The van der Waals surface area contributed by atoms with Crippen LogP contribution < -0.4 is 0 Å². The van der Waals surface area contributed by atoms with E-state index in [-0.39, 0.29) is 19.7 Å². The van der Waals surface area contributed by atoms with Crippen LogP contribution in [0.15, 0.2) is 30.7 Å². The summed E-state index contributed by atoms with van der Waals surface area (Å²) in [6, 6.07) is 2.23. The maximum Gasteiger partial charge on any atom is 0.160 e. The van der Waals surface area contributed by atoms with Crippen LogP contribution in [0.5, 0.6) is 0 Å². The maximum absolute atomic E-state index is 13.4. The highest BCUT2D eigenvalue weighted by atomic mass is 32.2. The Morgan fingerprint density at radius 1 is 1.26 bits per heavy atom. The van der Waals surface area contributed by atoms with Crippen LogP contribution >= 0.6 is 0 Å².